The molecule has 222 valence electrons. The average Bonchev–Trinajstić information content (AvgIpc) is 2.93. The third-order valence-corrected chi connectivity index (χ3v) is 9.10. The predicted octanol–water partition coefficient (Wildman–Crippen LogP) is 10.8. The Labute approximate surface area is 235 Å². The second-order valence-electron chi connectivity index (χ2n) is 11.9. The van der Waals surface area contributed by atoms with E-state index in [1.165, 1.54) is 89.2 Å². The molecule has 0 aliphatic heterocycles. The van der Waals surface area contributed by atoms with Gasteiger partial charge in [-0.1, -0.05) is 70.4 Å². The Hall–Kier alpha value is -2.31. The van der Waals surface area contributed by atoms with Gasteiger partial charge in [-0.2, -0.15) is 8.78 Å². The molecule has 0 heterocycles. The first kappa shape index (κ1) is 30.6. The lowest BCUT2D eigenvalue weighted by atomic mass is 9.68. The number of unbranched alkanes of at least 4 members (excludes halogenated alkanes) is 2. The van der Waals surface area contributed by atoms with E-state index in [1.807, 2.05) is 0 Å². The minimum absolute atomic E-state index is 0.251. The number of benzene rings is 2. The van der Waals surface area contributed by atoms with Gasteiger partial charge in [0.25, 0.3) is 0 Å². The molecule has 2 fully saturated rings. The van der Waals surface area contributed by atoms with Crippen molar-refractivity contribution in [2.24, 2.45) is 23.7 Å². The number of rotatable bonds is 12. The first-order chi connectivity index (χ1) is 19.1. The molecule has 7 heteroatoms. The van der Waals surface area contributed by atoms with Crippen molar-refractivity contribution in [2.45, 2.75) is 109 Å². The molecule has 0 unspecified atom stereocenters. The SMILES string of the molecule is CCCCC[C@H]1CC[C@H](C2CCC(CCc3ccc(C(F)(F)Oc4ccc(OC(F)(F)F)cc4)cc3)CC2)CC1. The number of halogens is 5. The van der Waals surface area contributed by atoms with Crippen molar-refractivity contribution in [3.63, 3.8) is 0 Å². The summed E-state index contributed by atoms with van der Waals surface area (Å²) >= 11 is 0. The molecule has 0 spiro atoms. The van der Waals surface area contributed by atoms with E-state index >= 15 is 0 Å². The Balaban J connectivity index is 1.17. The van der Waals surface area contributed by atoms with Crippen LogP contribution in [0, 0.1) is 23.7 Å². The summed E-state index contributed by atoms with van der Waals surface area (Å²) < 4.78 is 74.7. The van der Waals surface area contributed by atoms with Crippen LogP contribution in [0.4, 0.5) is 22.0 Å². The van der Waals surface area contributed by atoms with Gasteiger partial charge in [-0.05, 0) is 104 Å². The molecule has 40 heavy (non-hydrogen) atoms. The molecule has 0 bridgehead atoms. The fraction of sp³-hybridized carbons (Fsp3) is 0.636. The Bertz CT molecular complexity index is 1000. The number of hydrogen-bond donors (Lipinski definition) is 0. The summed E-state index contributed by atoms with van der Waals surface area (Å²) in [5.41, 5.74) is 0.726. The van der Waals surface area contributed by atoms with Gasteiger partial charge in [0.1, 0.15) is 11.5 Å². The molecular formula is C33H43F5O2. The topological polar surface area (TPSA) is 18.5 Å². The third-order valence-electron chi connectivity index (χ3n) is 9.10. The Kier molecular flexibility index (Phi) is 10.8. The van der Waals surface area contributed by atoms with Crippen LogP contribution in [0.25, 0.3) is 0 Å². The van der Waals surface area contributed by atoms with Crippen molar-refractivity contribution < 1.29 is 31.4 Å². The second-order valence-corrected chi connectivity index (χ2v) is 11.9. The molecule has 2 nitrogen and oxygen atoms in total. The highest BCUT2D eigenvalue weighted by Crippen LogP contribution is 2.43. The van der Waals surface area contributed by atoms with Gasteiger partial charge in [0.2, 0.25) is 0 Å². The molecule has 0 saturated heterocycles. The van der Waals surface area contributed by atoms with E-state index in [0.29, 0.717) is 5.92 Å². The molecule has 2 aromatic carbocycles. The zero-order valence-electron chi connectivity index (χ0n) is 23.5. The van der Waals surface area contributed by atoms with Gasteiger partial charge in [-0.3, -0.25) is 0 Å². The minimum Gasteiger partial charge on any atom is -0.429 e. The summed E-state index contributed by atoms with van der Waals surface area (Å²) in [5.74, 6) is 2.73. The Morgan fingerprint density at radius 2 is 1.12 bits per heavy atom. The van der Waals surface area contributed by atoms with Crippen LogP contribution in [0.3, 0.4) is 0 Å². The smallest absolute Gasteiger partial charge is 0.429 e. The maximum atomic E-state index is 14.7. The first-order valence-corrected chi connectivity index (χ1v) is 15.1. The monoisotopic (exact) mass is 566 g/mol. The van der Waals surface area contributed by atoms with Crippen molar-refractivity contribution in [2.75, 3.05) is 0 Å². The number of hydrogen-bond acceptors (Lipinski definition) is 2. The highest BCUT2D eigenvalue weighted by molar-refractivity contribution is 5.33. The van der Waals surface area contributed by atoms with Gasteiger partial charge in [0, 0.05) is 0 Å². The highest BCUT2D eigenvalue weighted by Gasteiger charge is 2.35. The molecule has 2 aliphatic carbocycles. The summed E-state index contributed by atoms with van der Waals surface area (Å²) in [4.78, 5) is 0. The molecule has 0 amide bonds. The summed E-state index contributed by atoms with van der Waals surface area (Å²) in [6.45, 7) is 2.28. The van der Waals surface area contributed by atoms with Crippen molar-refractivity contribution in [3.8, 4) is 11.5 Å². The van der Waals surface area contributed by atoms with E-state index < -0.39 is 18.2 Å². The molecule has 2 aliphatic rings. The molecule has 2 saturated carbocycles. The zero-order chi connectivity index (χ0) is 28.6. The maximum absolute atomic E-state index is 14.7. The van der Waals surface area contributed by atoms with E-state index in [2.05, 4.69) is 11.7 Å². The zero-order valence-corrected chi connectivity index (χ0v) is 23.5. The number of aryl methyl sites for hydroxylation is 1. The number of ether oxygens (including phenoxy) is 2. The molecule has 0 aromatic heterocycles. The first-order valence-electron chi connectivity index (χ1n) is 15.1. The lowest BCUT2D eigenvalue weighted by Gasteiger charge is -2.38. The van der Waals surface area contributed by atoms with Gasteiger partial charge in [-0.25, -0.2) is 0 Å². The van der Waals surface area contributed by atoms with Crippen molar-refractivity contribution in [1.29, 1.82) is 0 Å². The Morgan fingerprint density at radius 1 is 0.625 bits per heavy atom. The molecular weight excluding hydrogens is 523 g/mol. The van der Waals surface area contributed by atoms with Gasteiger partial charge < -0.3 is 9.47 Å². The van der Waals surface area contributed by atoms with E-state index in [9.17, 15) is 22.0 Å². The van der Waals surface area contributed by atoms with Crippen LogP contribution < -0.4 is 9.47 Å². The minimum atomic E-state index is -4.85. The second kappa shape index (κ2) is 14.0. The average molecular weight is 567 g/mol. The van der Waals surface area contributed by atoms with Crippen LogP contribution in [-0.4, -0.2) is 6.36 Å². The van der Waals surface area contributed by atoms with Crippen LogP contribution >= 0.6 is 0 Å². The van der Waals surface area contributed by atoms with Crippen molar-refractivity contribution in [1.82, 2.24) is 0 Å². The molecule has 0 radical (unpaired) electrons. The van der Waals surface area contributed by atoms with Gasteiger partial charge in [-0.15, -0.1) is 13.2 Å². The van der Waals surface area contributed by atoms with Crippen LogP contribution in [-0.2, 0) is 12.5 Å². The van der Waals surface area contributed by atoms with Crippen LogP contribution in [0.1, 0.15) is 102 Å². The largest absolute Gasteiger partial charge is 0.573 e. The van der Waals surface area contributed by atoms with Crippen LogP contribution in [0.15, 0.2) is 48.5 Å². The van der Waals surface area contributed by atoms with Crippen molar-refractivity contribution >= 4 is 0 Å². The number of alkyl halides is 5. The quantitative estimate of drug-likeness (QED) is 0.188. The summed E-state index contributed by atoms with van der Waals surface area (Å²) in [7, 11) is 0. The summed E-state index contributed by atoms with van der Waals surface area (Å²) in [6.07, 6.45) is 9.92. The maximum Gasteiger partial charge on any atom is 0.573 e. The highest BCUT2D eigenvalue weighted by atomic mass is 19.4. The molecule has 4 rings (SSSR count). The standard InChI is InChI=1S/C33H43F5O2/c1-2-3-4-5-24-8-14-27(15-9-24)28-16-10-25(11-17-28)6-7-26-12-18-29(19-13-26)32(34,35)39-30-20-22-31(23-21-30)40-33(36,37)38/h12-13,18-25,27-28H,2-11,14-17H2,1H3/t24-,25?,27-,28?. The van der Waals surface area contributed by atoms with E-state index in [1.54, 1.807) is 12.1 Å². The predicted molar refractivity (Wildman–Crippen MR) is 147 cm³/mol. The fourth-order valence-corrected chi connectivity index (χ4v) is 6.73. The van der Waals surface area contributed by atoms with Crippen LogP contribution in [0.5, 0.6) is 11.5 Å². The lowest BCUT2D eigenvalue weighted by Crippen LogP contribution is -2.26. The Morgan fingerprint density at radius 3 is 1.62 bits per heavy atom. The lowest BCUT2D eigenvalue weighted by molar-refractivity contribution is -0.274. The van der Waals surface area contributed by atoms with Gasteiger partial charge in [0.05, 0.1) is 5.56 Å². The molecule has 0 N–H and O–H groups in total. The van der Waals surface area contributed by atoms with E-state index in [-0.39, 0.29) is 11.3 Å². The third kappa shape index (κ3) is 9.37. The van der Waals surface area contributed by atoms with Crippen molar-refractivity contribution in [3.05, 3.63) is 59.7 Å². The molecule has 0 atom stereocenters. The van der Waals surface area contributed by atoms with E-state index in [4.69, 9.17) is 4.74 Å². The summed E-state index contributed by atoms with van der Waals surface area (Å²) in [5, 5.41) is 0. The normalized spacial score (nSPS) is 24.1. The van der Waals surface area contributed by atoms with Gasteiger partial charge in [0.15, 0.2) is 0 Å². The summed E-state index contributed by atoms with van der Waals surface area (Å²) in [6, 6.07) is 10.1. The van der Waals surface area contributed by atoms with Crippen LogP contribution in [0.2, 0.25) is 0 Å². The fourth-order valence-electron chi connectivity index (χ4n) is 6.73. The van der Waals surface area contributed by atoms with E-state index in [0.717, 1.165) is 60.4 Å². The molecule has 2 aromatic rings. The van der Waals surface area contributed by atoms with Gasteiger partial charge >= 0.3 is 12.5 Å².